The molecule has 0 fully saturated rings. The van der Waals surface area contributed by atoms with Gasteiger partial charge in [-0.25, -0.2) is 0 Å². The number of hydrazine groups is 1. The summed E-state index contributed by atoms with van der Waals surface area (Å²) in [7, 11) is 0. The summed E-state index contributed by atoms with van der Waals surface area (Å²) in [6.45, 7) is 0. The topological polar surface area (TPSA) is 52.0 Å². The molecule has 6 heteroatoms. The number of nitrogens with two attached hydrogens (primary N) is 2. The highest BCUT2D eigenvalue weighted by Crippen LogP contribution is 2.21. The van der Waals surface area contributed by atoms with E-state index in [2.05, 4.69) is 11.7 Å². The van der Waals surface area contributed by atoms with Crippen molar-refractivity contribution in [3.05, 3.63) is 33.3 Å². The largest absolute Gasteiger partial charge is 0.274 e. The van der Waals surface area contributed by atoms with Crippen LogP contribution in [-0.2, 0) is 0 Å². The van der Waals surface area contributed by atoms with Crippen LogP contribution in [-0.4, -0.2) is 0 Å². The fourth-order valence-electron chi connectivity index (χ4n) is 0.520. The van der Waals surface area contributed by atoms with Gasteiger partial charge in [0.15, 0.2) is 0 Å². The zero-order chi connectivity index (χ0) is 8.85. The monoisotopic (exact) mass is 248 g/mol. The summed E-state index contributed by atoms with van der Waals surface area (Å²) in [6.07, 6.45) is 0. The number of rotatable bonds is 0. The maximum absolute atomic E-state index is 5.58. The Labute approximate surface area is 92.2 Å². The highest BCUT2D eigenvalue weighted by Gasteiger charge is 1.92. The maximum Gasteiger partial charge on any atom is 0.0435 e. The Balaban J connectivity index is 0. The van der Waals surface area contributed by atoms with Gasteiger partial charge in [-0.1, -0.05) is 34.8 Å². The summed E-state index contributed by atoms with van der Waals surface area (Å²) in [5.41, 5.74) is 0. The van der Waals surface area contributed by atoms with E-state index in [0.717, 1.165) is 0 Å². The quantitative estimate of drug-likeness (QED) is 0.549. The summed E-state index contributed by atoms with van der Waals surface area (Å²) >= 11 is 16.7. The van der Waals surface area contributed by atoms with Gasteiger partial charge in [0.05, 0.1) is 0 Å². The third-order valence-electron chi connectivity index (χ3n) is 0.827. The van der Waals surface area contributed by atoms with E-state index < -0.39 is 0 Å². The molecule has 0 heterocycles. The molecule has 0 aromatic heterocycles. The van der Waals surface area contributed by atoms with Crippen LogP contribution in [0.5, 0.6) is 0 Å². The predicted octanol–water partition coefficient (Wildman–Crippen LogP) is 2.89. The van der Waals surface area contributed by atoms with Crippen LogP contribution in [0.15, 0.2) is 18.2 Å². The maximum atomic E-state index is 5.58. The lowest BCUT2D eigenvalue weighted by atomic mass is 10.4. The number of hydrogen-bond donors (Lipinski definition) is 2. The first kappa shape index (κ1) is 14.8. The second-order valence-corrected chi connectivity index (χ2v) is 2.90. The van der Waals surface area contributed by atoms with Crippen LogP contribution in [0.3, 0.4) is 0 Å². The number of hydrogen-bond acceptors (Lipinski definition) is 2. The highest BCUT2D eigenvalue weighted by atomic mass is 35.5. The molecule has 0 aliphatic carbocycles. The molecule has 0 aliphatic rings. The molecule has 2 nitrogen and oxygen atoms in total. The fourth-order valence-corrected chi connectivity index (χ4v) is 1.39. The minimum absolute atomic E-state index is 0. The van der Waals surface area contributed by atoms with Gasteiger partial charge in [0, 0.05) is 15.1 Å². The molecular weight excluding hydrogens is 242 g/mol. The molecule has 0 saturated heterocycles. The summed E-state index contributed by atoms with van der Waals surface area (Å²) in [5.74, 6) is 8.00. The van der Waals surface area contributed by atoms with Gasteiger partial charge in [-0.15, -0.1) is 12.4 Å². The van der Waals surface area contributed by atoms with Crippen molar-refractivity contribution in [3.8, 4) is 0 Å². The molecule has 1 aromatic rings. The Hall–Kier alpha value is 0.300. The number of benzene rings is 1. The molecule has 0 unspecified atom stereocenters. The summed E-state index contributed by atoms with van der Waals surface area (Å²) < 4.78 is 0. The van der Waals surface area contributed by atoms with Gasteiger partial charge < -0.3 is 0 Å². The van der Waals surface area contributed by atoms with Gasteiger partial charge in [0.1, 0.15) is 0 Å². The van der Waals surface area contributed by atoms with E-state index >= 15 is 0 Å². The first-order chi connectivity index (χ1) is 5.18. The van der Waals surface area contributed by atoms with Crippen molar-refractivity contribution in [3.63, 3.8) is 0 Å². The van der Waals surface area contributed by atoms with E-state index in [1.165, 1.54) is 0 Å². The average molecular weight is 250 g/mol. The lowest BCUT2D eigenvalue weighted by Gasteiger charge is -1.91. The molecule has 0 amide bonds. The first-order valence-corrected chi connectivity index (χ1v) is 3.77. The van der Waals surface area contributed by atoms with Gasteiger partial charge in [-0.3, -0.25) is 11.7 Å². The molecule has 0 aliphatic heterocycles. The average Bonchev–Trinajstić information content (AvgIpc) is 1.88. The van der Waals surface area contributed by atoms with Gasteiger partial charge >= 0.3 is 0 Å². The van der Waals surface area contributed by atoms with Crippen molar-refractivity contribution in [2.24, 2.45) is 11.7 Å². The molecule has 1 rings (SSSR count). The molecule has 0 radical (unpaired) electrons. The van der Waals surface area contributed by atoms with Crippen LogP contribution in [0.1, 0.15) is 0 Å². The second kappa shape index (κ2) is 7.92. The summed E-state index contributed by atoms with van der Waals surface area (Å²) in [5, 5.41) is 1.69. The molecule has 12 heavy (non-hydrogen) atoms. The Morgan fingerprint density at radius 3 is 1.08 bits per heavy atom. The summed E-state index contributed by atoms with van der Waals surface area (Å²) in [4.78, 5) is 0. The van der Waals surface area contributed by atoms with Crippen molar-refractivity contribution in [2.75, 3.05) is 0 Å². The standard InChI is InChI=1S/C6H3Cl3.ClH.H4N2/c7-4-1-5(8)3-6(9)2-4;;1-2/h1-3H;1H;1-2H2. The minimum Gasteiger partial charge on any atom is -0.274 e. The lowest BCUT2D eigenvalue weighted by molar-refractivity contribution is 1.26. The van der Waals surface area contributed by atoms with Crippen molar-refractivity contribution < 1.29 is 0 Å². The zero-order valence-corrected chi connectivity index (χ0v) is 9.01. The van der Waals surface area contributed by atoms with Crippen molar-refractivity contribution in [1.82, 2.24) is 0 Å². The molecule has 4 N–H and O–H groups in total. The fraction of sp³-hybridized carbons (Fsp3) is 0. The Bertz CT molecular complexity index is 178. The molecule has 0 spiro atoms. The lowest BCUT2D eigenvalue weighted by Crippen LogP contribution is -2.02. The van der Waals surface area contributed by atoms with E-state index in [0.29, 0.717) is 15.1 Å². The number of halogens is 4. The van der Waals surface area contributed by atoms with Crippen LogP contribution in [0, 0.1) is 0 Å². The third kappa shape index (κ3) is 5.89. The van der Waals surface area contributed by atoms with E-state index in [1.54, 1.807) is 18.2 Å². The Morgan fingerprint density at radius 2 is 0.917 bits per heavy atom. The summed E-state index contributed by atoms with van der Waals surface area (Å²) in [6, 6.07) is 4.90. The van der Waals surface area contributed by atoms with E-state index in [-0.39, 0.29) is 12.4 Å². The van der Waals surface area contributed by atoms with Crippen LogP contribution >= 0.6 is 47.2 Å². The van der Waals surface area contributed by atoms with Crippen LogP contribution in [0.25, 0.3) is 0 Å². The van der Waals surface area contributed by atoms with Crippen LogP contribution in [0.4, 0.5) is 0 Å². The first-order valence-electron chi connectivity index (χ1n) is 2.63. The molecule has 70 valence electrons. The van der Waals surface area contributed by atoms with Gasteiger partial charge in [0.25, 0.3) is 0 Å². The minimum atomic E-state index is 0. The van der Waals surface area contributed by atoms with Gasteiger partial charge in [-0.2, -0.15) is 0 Å². The van der Waals surface area contributed by atoms with Crippen molar-refractivity contribution in [1.29, 1.82) is 0 Å². The van der Waals surface area contributed by atoms with Crippen molar-refractivity contribution in [2.45, 2.75) is 0 Å². The third-order valence-corrected chi connectivity index (χ3v) is 1.48. The second-order valence-electron chi connectivity index (χ2n) is 1.59. The molecule has 0 saturated carbocycles. The van der Waals surface area contributed by atoms with Gasteiger partial charge in [0.2, 0.25) is 0 Å². The Morgan fingerprint density at radius 1 is 0.750 bits per heavy atom. The SMILES string of the molecule is Cl.Clc1cc(Cl)cc(Cl)c1.NN. The smallest absolute Gasteiger partial charge is 0.0435 e. The predicted molar refractivity (Wildman–Crippen MR) is 57.1 cm³/mol. The zero-order valence-electron chi connectivity index (χ0n) is 5.93. The highest BCUT2D eigenvalue weighted by molar-refractivity contribution is 6.38. The van der Waals surface area contributed by atoms with E-state index in [9.17, 15) is 0 Å². The molecule has 0 atom stereocenters. The van der Waals surface area contributed by atoms with E-state index in [1.807, 2.05) is 0 Å². The van der Waals surface area contributed by atoms with Gasteiger partial charge in [-0.05, 0) is 18.2 Å². The Kier molecular flexibility index (Phi) is 9.78. The van der Waals surface area contributed by atoms with Crippen LogP contribution < -0.4 is 11.7 Å². The van der Waals surface area contributed by atoms with Crippen molar-refractivity contribution >= 4 is 47.2 Å². The van der Waals surface area contributed by atoms with Crippen LogP contribution in [0.2, 0.25) is 15.1 Å². The normalized spacial score (nSPS) is 7.75. The molecule has 1 aromatic carbocycles. The molecule has 0 bridgehead atoms. The molecular formula is C6H8Cl4N2. The van der Waals surface area contributed by atoms with E-state index in [4.69, 9.17) is 34.8 Å².